The summed E-state index contributed by atoms with van der Waals surface area (Å²) >= 11 is 0. The van der Waals surface area contributed by atoms with E-state index in [0.29, 0.717) is 0 Å². The normalized spacial score (nSPS) is 12.8. The molecule has 0 bridgehead atoms. The average Bonchev–Trinajstić information content (AvgIpc) is 2.33. The zero-order chi connectivity index (χ0) is 9.14. The smallest absolute Gasteiger partial charge is 0.219 e. The molecule has 66 valence electrons. The molecule has 5 nitrogen and oxygen atoms in total. The molecule has 0 unspecified atom stereocenters. The van der Waals surface area contributed by atoms with Gasteiger partial charge in [0.05, 0.1) is 18.1 Å². The van der Waals surface area contributed by atoms with Crippen LogP contribution in [-0.2, 0) is 11.8 Å². The van der Waals surface area contributed by atoms with Gasteiger partial charge in [-0.15, -0.1) is 0 Å². The third-order valence-corrected chi connectivity index (χ3v) is 1.65. The molecule has 1 amide bonds. The van der Waals surface area contributed by atoms with E-state index in [2.05, 4.69) is 4.98 Å². The second kappa shape index (κ2) is 3.36. The topological polar surface area (TPSA) is 86.9 Å². The van der Waals surface area contributed by atoms with Crippen molar-refractivity contribution >= 4 is 5.91 Å². The zero-order valence-electron chi connectivity index (χ0n) is 6.90. The lowest BCUT2D eigenvalue weighted by molar-refractivity contribution is -0.118. The molecule has 0 radical (unpaired) electrons. The summed E-state index contributed by atoms with van der Waals surface area (Å²) in [5, 5.41) is 0. The van der Waals surface area contributed by atoms with E-state index >= 15 is 0 Å². The molecule has 1 aromatic heterocycles. The number of aromatic nitrogens is 2. The Morgan fingerprint density at radius 2 is 2.50 bits per heavy atom. The van der Waals surface area contributed by atoms with Crippen LogP contribution in [0.2, 0.25) is 0 Å². The number of hydrogen-bond acceptors (Lipinski definition) is 3. The first kappa shape index (κ1) is 8.73. The molecule has 0 aliphatic heterocycles. The molecule has 1 atom stereocenters. The van der Waals surface area contributed by atoms with Gasteiger partial charge in [-0.1, -0.05) is 0 Å². The van der Waals surface area contributed by atoms with E-state index in [4.69, 9.17) is 11.5 Å². The van der Waals surface area contributed by atoms with Crippen molar-refractivity contribution in [3.8, 4) is 0 Å². The number of nitrogens with zero attached hydrogens (tertiary/aromatic N) is 2. The Bertz CT molecular complexity index is 281. The minimum atomic E-state index is -0.399. The fourth-order valence-corrected chi connectivity index (χ4v) is 1.05. The van der Waals surface area contributed by atoms with Crippen LogP contribution in [0.5, 0.6) is 0 Å². The van der Waals surface area contributed by atoms with Crippen LogP contribution in [0.25, 0.3) is 0 Å². The van der Waals surface area contributed by atoms with E-state index < -0.39 is 5.91 Å². The van der Waals surface area contributed by atoms with Gasteiger partial charge in [0.15, 0.2) is 0 Å². The van der Waals surface area contributed by atoms with Crippen LogP contribution in [0.3, 0.4) is 0 Å². The molecular formula is C7H12N4O. The maximum Gasteiger partial charge on any atom is 0.219 e. The number of rotatable bonds is 3. The van der Waals surface area contributed by atoms with E-state index in [1.165, 1.54) is 0 Å². The molecule has 5 heteroatoms. The molecular weight excluding hydrogens is 156 g/mol. The standard InChI is InChI=1S/C7H12N4O/c1-11-4-10-3-6(11)5(8)2-7(9)12/h3-5H,2,8H2,1H3,(H2,9,12)/t5-/m1/s1. The summed E-state index contributed by atoms with van der Waals surface area (Å²) in [4.78, 5) is 14.4. The molecule has 0 aliphatic rings. The molecule has 1 rings (SSSR count). The van der Waals surface area contributed by atoms with Gasteiger partial charge in [0, 0.05) is 19.7 Å². The van der Waals surface area contributed by atoms with Crippen molar-refractivity contribution in [2.75, 3.05) is 0 Å². The molecule has 0 spiro atoms. The van der Waals surface area contributed by atoms with Crippen LogP contribution in [0.4, 0.5) is 0 Å². The molecule has 0 aliphatic carbocycles. The second-order valence-electron chi connectivity index (χ2n) is 2.71. The highest BCUT2D eigenvalue weighted by Crippen LogP contribution is 2.10. The molecule has 0 saturated heterocycles. The average molecular weight is 168 g/mol. The Hall–Kier alpha value is -1.36. The quantitative estimate of drug-likeness (QED) is 0.625. The van der Waals surface area contributed by atoms with Gasteiger partial charge < -0.3 is 16.0 Å². The highest BCUT2D eigenvalue weighted by atomic mass is 16.1. The largest absolute Gasteiger partial charge is 0.370 e. The van der Waals surface area contributed by atoms with Crippen molar-refractivity contribution in [2.24, 2.45) is 18.5 Å². The molecule has 4 N–H and O–H groups in total. The van der Waals surface area contributed by atoms with E-state index in [1.807, 2.05) is 7.05 Å². The van der Waals surface area contributed by atoms with Crippen LogP contribution in [0.1, 0.15) is 18.2 Å². The number of imidazole rings is 1. The Labute approximate surface area is 70.4 Å². The van der Waals surface area contributed by atoms with E-state index in [9.17, 15) is 4.79 Å². The Balaban J connectivity index is 2.71. The highest BCUT2D eigenvalue weighted by Gasteiger charge is 2.11. The fraction of sp³-hybridized carbons (Fsp3) is 0.429. The predicted molar refractivity (Wildman–Crippen MR) is 43.9 cm³/mol. The third-order valence-electron chi connectivity index (χ3n) is 1.65. The highest BCUT2D eigenvalue weighted by molar-refractivity contribution is 5.74. The van der Waals surface area contributed by atoms with Gasteiger partial charge in [-0.3, -0.25) is 4.79 Å². The Morgan fingerprint density at radius 1 is 1.83 bits per heavy atom. The lowest BCUT2D eigenvalue weighted by Crippen LogP contribution is -2.22. The summed E-state index contributed by atoms with van der Waals surface area (Å²) < 4.78 is 1.77. The van der Waals surface area contributed by atoms with Crippen molar-refractivity contribution in [2.45, 2.75) is 12.5 Å². The number of nitrogens with two attached hydrogens (primary N) is 2. The van der Waals surface area contributed by atoms with Crippen LogP contribution in [-0.4, -0.2) is 15.5 Å². The lowest BCUT2D eigenvalue weighted by Gasteiger charge is -2.08. The van der Waals surface area contributed by atoms with Crippen LogP contribution in [0, 0.1) is 0 Å². The summed E-state index contributed by atoms with van der Waals surface area (Å²) in [6.07, 6.45) is 3.42. The van der Waals surface area contributed by atoms with Gasteiger partial charge in [-0.25, -0.2) is 4.98 Å². The van der Waals surface area contributed by atoms with E-state index in [0.717, 1.165) is 5.69 Å². The number of carbonyl (C=O) groups excluding carboxylic acids is 1. The summed E-state index contributed by atoms with van der Waals surface area (Å²) in [6.45, 7) is 0. The second-order valence-corrected chi connectivity index (χ2v) is 2.71. The number of carbonyl (C=O) groups is 1. The SMILES string of the molecule is Cn1cncc1[C@H](N)CC(N)=O. The van der Waals surface area contributed by atoms with Crippen molar-refractivity contribution in [3.05, 3.63) is 18.2 Å². The number of primary amides is 1. The summed E-state index contributed by atoms with van der Waals surface area (Å²) in [5.74, 6) is -0.399. The lowest BCUT2D eigenvalue weighted by atomic mass is 10.1. The van der Waals surface area contributed by atoms with Crippen LogP contribution in [0.15, 0.2) is 12.5 Å². The van der Waals surface area contributed by atoms with Crippen LogP contribution < -0.4 is 11.5 Å². The van der Waals surface area contributed by atoms with E-state index in [1.54, 1.807) is 17.1 Å². The van der Waals surface area contributed by atoms with Gasteiger partial charge in [0.1, 0.15) is 0 Å². The third kappa shape index (κ3) is 1.82. The first-order valence-electron chi connectivity index (χ1n) is 3.61. The van der Waals surface area contributed by atoms with Crippen molar-refractivity contribution in [3.63, 3.8) is 0 Å². The Morgan fingerprint density at radius 3 is 2.92 bits per heavy atom. The van der Waals surface area contributed by atoms with Crippen molar-refractivity contribution < 1.29 is 4.79 Å². The Kier molecular flexibility index (Phi) is 2.44. The number of hydrogen-bond donors (Lipinski definition) is 2. The molecule has 1 aromatic rings. The van der Waals surface area contributed by atoms with Crippen LogP contribution >= 0.6 is 0 Å². The van der Waals surface area contributed by atoms with Gasteiger partial charge >= 0.3 is 0 Å². The maximum atomic E-state index is 10.5. The van der Waals surface area contributed by atoms with Gasteiger partial charge in [-0.2, -0.15) is 0 Å². The minimum Gasteiger partial charge on any atom is -0.370 e. The summed E-state index contributed by atoms with van der Waals surface area (Å²) in [5.41, 5.74) is 11.5. The molecule has 1 heterocycles. The molecule has 0 fully saturated rings. The predicted octanol–water partition coefficient (Wildman–Crippen LogP) is -0.705. The first-order valence-corrected chi connectivity index (χ1v) is 3.61. The minimum absolute atomic E-state index is 0.152. The number of aryl methyl sites for hydroxylation is 1. The first-order chi connectivity index (χ1) is 5.61. The van der Waals surface area contributed by atoms with Gasteiger partial charge in [-0.05, 0) is 0 Å². The van der Waals surface area contributed by atoms with E-state index in [-0.39, 0.29) is 12.5 Å². The number of amides is 1. The molecule has 0 saturated carbocycles. The summed E-state index contributed by atoms with van der Waals surface area (Å²) in [7, 11) is 1.82. The molecule has 0 aromatic carbocycles. The zero-order valence-corrected chi connectivity index (χ0v) is 6.90. The van der Waals surface area contributed by atoms with Gasteiger partial charge in [0.25, 0.3) is 0 Å². The monoisotopic (exact) mass is 168 g/mol. The van der Waals surface area contributed by atoms with Crippen molar-refractivity contribution in [1.29, 1.82) is 0 Å². The van der Waals surface area contributed by atoms with Crippen molar-refractivity contribution in [1.82, 2.24) is 9.55 Å². The summed E-state index contributed by atoms with van der Waals surface area (Å²) in [6, 6.07) is -0.352. The molecule has 12 heavy (non-hydrogen) atoms. The maximum absolute atomic E-state index is 10.5. The fourth-order valence-electron chi connectivity index (χ4n) is 1.05. The van der Waals surface area contributed by atoms with Gasteiger partial charge in [0.2, 0.25) is 5.91 Å².